The molecule has 4 atom stereocenters. The van der Waals surface area contributed by atoms with E-state index < -0.39 is 53.6 Å². The molecule has 266 valence electrons. The number of unbranched alkanes of at least 4 members (excludes halogenated alkanes) is 1. The van der Waals surface area contributed by atoms with Gasteiger partial charge in [-0.2, -0.15) is 0 Å². The number of hydrogen-bond acceptors (Lipinski definition) is 9. The minimum atomic E-state index is -1.27. The lowest BCUT2D eigenvalue weighted by molar-refractivity contribution is -0.141. The molecular weight excluding hydrogens is 648 g/mol. The van der Waals surface area contributed by atoms with E-state index >= 15 is 0 Å². The van der Waals surface area contributed by atoms with Gasteiger partial charge in [0, 0.05) is 30.3 Å². The monoisotopic (exact) mass is 696 g/mol. The number of nitrogens with one attached hydrogen (secondary N) is 5. The third-order valence-electron chi connectivity index (χ3n) is 8.54. The molecule has 0 unspecified atom stereocenters. The van der Waals surface area contributed by atoms with Gasteiger partial charge in [0.25, 0.3) is 5.91 Å². The average Bonchev–Trinajstić information content (AvgIpc) is 3.79. The van der Waals surface area contributed by atoms with E-state index in [1.807, 2.05) is 51.1 Å². The van der Waals surface area contributed by atoms with Crippen LogP contribution in [0.15, 0.2) is 30.3 Å². The Morgan fingerprint density at radius 1 is 1.00 bits per heavy atom. The van der Waals surface area contributed by atoms with E-state index in [0.717, 1.165) is 36.9 Å². The van der Waals surface area contributed by atoms with Crippen molar-refractivity contribution < 1.29 is 33.5 Å². The number of thiazole rings is 1. The van der Waals surface area contributed by atoms with Gasteiger partial charge in [-0.15, -0.1) is 11.3 Å². The second-order valence-corrected chi connectivity index (χ2v) is 14.2. The number of nitrogens with zero attached hydrogens (tertiary/aromatic N) is 1. The normalized spacial score (nSPS) is 17.0. The second kappa shape index (κ2) is 18.4. The maximum atomic E-state index is 13.9. The minimum absolute atomic E-state index is 0.00535. The van der Waals surface area contributed by atoms with Crippen molar-refractivity contribution in [3.8, 4) is 0 Å². The molecule has 1 aliphatic carbocycles. The van der Waals surface area contributed by atoms with E-state index in [9.17, 15) is 28.8 Å². The largest absolute Gasteiger partial charge is 0.445 e. The predicted octanol–water partition coefficient (Wildman–Crippen LogP) is 2.50. The summed E-state index contributed by atoms with van der Waals surface area (Å²) in [5, 5.41) is 14.1. The number of hydrogen-bond donors (Lipinski definition) is 5. The maximum Gasteiger partial charge on any atom is 0.408 e. The number of aryl methyl sites for hydroxylation is 2. The van der Waals surface area contributed by atoms with Gasteiger partial charge in [-0.1, -0.05) is 57.5 Å². The van der Waals surface area contributed by atoms with Gasteiger partial charge < -0.3 is 31.3 Å². The van der Waals surface area contributed by atoms with Crippen molar-refractivity contribution in [2.75, 3.05) is 13.1 Å². The number of benzene rings is 1. The Labute approximate surface area is 291 Å². The van der Waals surface area contributed by atoms with Crippen LogP contribution in [0.25, 0.3) is 0 Å². The summed E-state index contributed by atoms with van der Waals surface area (Å²) in [5.41, 5.74) is 1.79. The zero-order valence-electron chi connectivity index (χ0n) is 28.5. The Morgan fingerprint density at radius 2 is 1.73 bits per heavy atom. The van der Waals surface area contributed by atoms with Crippen LogP contribution in [-0.4, -0.2) is 71.7 Å². The number of alkyl carbamates (subject to hydrolysis) is 1. The molecule has 5 amide bonds. The Hall–Kier alpha value is -4.33. The summed E-state index contributed by atoms with van der Waals surface area (Å²) in [7, 11) is 0. The molecule has 2 aromatic rings. The highest BCUT2D eigenvalue weighted by Gasteiger charge is 2.36. The highest BCUT2D eigenvalue weighted by atomic mass is 32.1. The number of ether oxygens (including phenoxy) is 1. The van der Waals surface area contributed by atoms with Crippen LogP contribution in [-0.2, 0) is 54.6 Å². The number of carbonyl (C=O) groups excluding carboxylic acids is 6. The summed E-state index contributed by atoms with van der Waals surface area (Å²) in [6.07, 6.45) is 4.24. The number of ketones is 1. The molecule has 0 bridgehead atoms. The lowest BCUT2D eigenvalue weighted by Crippen LogP contribution is -2.57. The number of rotatable bonds is 18. The minimum Gasteiger partial charge on any atom is -0.445 e. The molecule has 1 fully saturated rings. The fourth-order valence-corrected chi connectivity index (χ4v) is 7.08. The molecule has 0 saturated carbocycles. The highest BCUT2D eigenvalue weighted by molar-refractivity contribution is 7.11. The summed E-state index contributed by atoms with van der Waals surface area (Å²) in [5.74, 6) is -3.82. The highest BCUT2D eigenvalue weighted by Crippen LogP contribution is 2.28. The van der Waals surface area contributed by atoms with Crippen molar-refractivity contribution >= 4 is 46.8 Å². The molecular formula is C35H48N6O7S. The van der Waals surface area contributed by atoms with Gasteiger partial charge >= 0.3 is 6.09 Å². The van der Waals surface area contributed by atoms with Crippen molar-refractivity contribution in [3.63, 3.8) is 0 Å². The van der Waals surface area contributed by atoms with Crippen LogP contribution >= 0.6 is 11.3 Å². The van der Waals surface area contributed by atoms with Crippen LogP contribution in [0.4, 0.5) is 4.79 Å². The Kier molecular flexibility index (Phi) is 14.1. The van der Waals surface area contributed by atoms with Gasteiger partial charge in [0.2, 0.25) is 23.5 Å². The van der Waals surface area contributed by atoms with E-state index in [1.165, 1.54) is 16.2 Å². The van der Waals surface area contributed by atoms with E-state index in [4.69, 9.17) is 9.72 Å². The fourth-order valence-electron chi connectivity index (χ4n) is 5.88. The molecule has 5 N–H and O–H groups in total. The first-order valence-electron chi connectivity index (χ1n) is 17.2. The number of fused-ring (bicyclic) bond motifs is 1. The number of carbonyl (C=O) groups is 6. The third-order valence-corrected chi connectivity index (χ3v) is 9.72. The number of Topliss-reactive ketones (excluding diaryl/α,β-unsaturated/α-hetero) is 1. The Morgan fingerprint density at radius 3 is 2.41 bits per heavy atom. The quantitative estimate of drug-likeness (QED) is 0.116. The number of aromatic nitrogens is 1. The van der Waals surface area contributed by atoms with E-state index in [2.05, 4.69) is 26.6 Å². The summed E-state index contributed by atoms with van der Waals surface area (Å²) in [6.45, 7) is 6.47. The molecule has 1 aromatic heterocycles. The number of amides is 5. The lowest BCUT2D eigenvalue weighted by atomic mass is 9.94. The summed E-state index contributed by atoms with van der Waals surface area (Å²) < 4.78 is 5.40. The second-order valence-electron chi connectivity index (χ2n) is 13.0. The molecule has 0 radical (unpaired) electrons. The van der Waals surface area contributed by atoms with Crippen molar-refractivity contribution in [3.05, 3.63) is 51.5 Å². The molecule has 4 rings (SSSR count). The molecule has 1 saturated heterocycles. The first-order valence-corrected chi connectivity index (χ1v) is 18.0. The first kappa shape index (κ1) is 37.5. The fraction of sp³-hybridized carbons (Fsp3) is 0.571. The molecule has 2 aliphatic rings. The third kappa shape index (κ3) is 11.4. The van der Waals surface area contributed by atoms with Gasteiger partial charge in [0.15, 0.2) is 0 Å². The van der Waals surface area contributed by atoms with Crippen LogP contribution in [0.5, 0.6) is 0 Å². The molecule has 1 aliphatic heterocycles. The van der Waals surface area contributed by atoms with Crippen molar-refractivity contribution in [1.29, 1.82) is 0 Å². The van der Waals surface area contributed by atoms with E-state index in [1.54, 1.807) is 0 Å². The molecule has 1 aromatic carbocycles. The van der Waals surface area contributed by atoms with Crippen LogP contribution in [0.3, 0.4) is 0 Å². The van der Waals surface area contributed by atoms with Crippen molar-refractivity contribution in [2.45, 2.75) is 103 Å². The first-order chi connectivity index (χ1) is 23.5. The lowest BCUT2D eigenvalue weighted by Gasteiger charge is -2.26. The summed E-state index contributed by atoms with van der Waals surface area (Å²) in [6, 6.07) is 5.66. The molecule has 2 heterocycles. The van der Waals surface area contributed by atoms with Crippen molar-refractivity contribution in [2.24, 2.45) is 11.8 Å². The van der Waals surface area contributed by atoms with Gasteiger partial charge in [0.1, 0.15) is 18.7 Å². The predicted molar refractivity (Wildman–Crippen MR) is 183 cm³/mol. The van der Waals surface area contributed by atoms with Crippen molar-refractivity contribution in [1.82, 2.24) is 31.6 Å². The van der Waals surface area contributed by atoms with E-state index in [0.29, 0.717) is 30.9 Å². The van der Waals surface area contributed by atoms with E-state index in [-0.39, 0.29) is 37.7 Å². The van der Waals surface area contributed by atoms with Gasteiger partial charge in [-0.3, -0.25) is 24.0 Å². The average molecular weight is 697 g/mol. The van der Waals surface area contributed by atoms with Crippen LogP contribution < -0.4 is 26.6 Å². The standard InChI is InChI=1S/C35H48N6O7S/c1-4-5-15-36-34(46)30(42)25(18-23-14-16-37-31(23)43)39-32(44)26(17-21(2)3)40-33(45)27(19-29-38-24-12-9-13-28(24)49-29)41-35(47)48-20-22-10-7-6-8-11-22/h6-8,10-11,21,23,25-27H,4-5,9,12-20H2,1-3H3,(H,36,46)(H,37,43)(H,39,44)(H,40,45)(H,41,47)/t23-,25-,26-,27-/m0/s1. The SMILES string of the molecule is CCCCNC(=O)C(=O)[C@H](C[C@@H]1CCNC1=O)NC(=O)[C@H](CC(C)C)NC(=O)[C@H](Cc1nc2c(s1)CCC2)NC(=O)OCc1ccccc1. The topological polar surface area (TPSA) is 185 Å². The van der Waals surface area contributed by atoms with Crippen LogP contribution in [0, 0.1) is 11.8 Å². The van der Waals surface area contributed by atoms with Gasteiger partial charge in [-0.25, -0.2) is 9.78 Å². The molecule has 0 spiro atoms. The molecule has 14 heteroatoms. The van der Waals surface area contributed by atoms with Gasteiger partial charge in [-0.05, 0) is 56.4 Å². The zero-order valence-corrected chi connectivity index (χ0v) is 29.3. The Balaban J connectivity index is 1.49. The molecule has 49 heavy (non-hydrogen) atoms. The molecule has 13 nitrogen and oxygen atoms in total. The Bertz CT molecular complexity index is 1460. The summed E-state index contributed by atoms with van der Waals surface area (Å²) >= 11 is 1.51. The zero-order chi connectivity index (χ0) is 35.3. The smallest absolute Gasteiger partial charge is 0.408 e. The maximum absolute atomic E-state index is 13.9. The summed E-state index contributed by atoms with van der Waals surface area (Å²) in [4.78, 5) is 84.8. The van der Waals surface area contributed by atoms with Crippen LogP contribution in [0.1, 0.15) is 80.4 Å². The van der Waals surface area contributed by atoms with Crippen LogP contribution in [0.2, 0.25) is 0 Å². The van der Waals surface area contributed by atoms with Gasteiger partial charge in [0.05, 0.1) is 16.7 Å².